The van der Waals surface area contributed by atoms with Crippen LogP contribution in [-0.2, 0) is 4.79 Å². The maximum atomic E-state index is 13.0. The van der Waals surface area contributed by atoms with E-state index in [2.05, 4.69) is 13.8 Å². The fourth-order valence-electron chi connectivity index (χ4n) is 3.76. The smallest absolute Gasteiger partial charge is 0.262 e. The van der Waals surface area contributed by atoms with Gasteiger partial charge in [0.1, 0.15) is 0 Å². The monoisotopic (exact) mass is 387 g/mol. The van der Waals surface area contributed by atoms with Gasteiger partial charge in [-0.15, -0.1) is 0 Å². The van der Waals surface area contributed by atoms with Crippen LogP contribution in [0.5, 0.6) is 0 Å². The summed E-state index contributed by atoms with van der Waals surface area (Å²) in [6, 6.07) is 7.84. The maximum Gasteiger partial charge on any atom is 0.262 e. The number of hydrogen-bond donors (Lipinski definition) is 0. The predicted octanol–water partition coefficient (Wildman–Crippen LogP) is 4.25. The molecular weight excluding hydrogens is 358 g/mol. The van der Waals surface area contributed by atoms with Gasteiger partial charge in [-0.2, -0.15) is 0 Å². The average Bonchev–Trinajstić information content (AvgIpc) is 2.71. The van der Waals surface area contributed by atoms with Crippen LogP contribution in [0.25, 0.3) is 10.9 Å². The number of thioether (sulfide) groups is 1. The predicted molar refractivity (Wildman–Crippen MR) is 111 cm³/mol. The first kappa shape index (κ1) is 19.9. The molecule has 27 heavy (non-hydrogen) atoms. The molecule has 2 aromatic rings. The van der Waals surface area contributed by atoms with Gasteiger partial charge in [-0.1, -0.05) is 37.7 Å². The summed E-state index contributed by atoms with van der Waals surface area (Å²) >= 11 is 1.39. The first-order valence-corrected chi connectivity index (χ1v) is 11.0. The average molecular weight is 388 g/mol. The zero-order chi connectivity index (χ0) is 19.4. The molecule has 3 rings (SSSR count). The maximum absolute atomic E-state index is 13.0. The van der Waals surface area contributed by atoms with E-state index in [9.17, 15) is 9.59 Å². The molecule has 1 fully saturated rings. The molecule has 1 saturated heterocycles. The van der Waals surface area contributed by atoms with E-state index >= 15 is 0 Å². The molecule has 0 radical (unpaired) electrons. The number of hydrogen-bond acceptors (Lipinski definition) is 4. The fraction of sp³-hybridized carbons (Fsp3) is 0.571. The Bertz CT molecular complexity index is 864. The second-order valence-electron chi connectivity index (χ2n) is 7.28. The van der Waals surface area contributed by atoms with Gasteiger partial charge in [0.15, 0.2) is 5.16 Å². The highest BCUT2D eigenvalue weighted by molar-refractivity contribution is 7.99. The Balaban J connectivity index is 1.87. The Morgan fingerprint density at radius 1 is 1.30 bits per heavy atom. The topological polar surface area (TPSA) is 55.2 Å². The molecule has 2 heterocycles. The summed E-state index contributed by atoms with van der Waals surface area (Å²) in [5, 5.41) is 1.28. The van der Waals surface area contributed by atoms with Gasteiger partial charge in [0.25, 0.3) is 5.56 Å². The quantitative estimate of drug-likeness (QED) is 0.549. The lowest BCUT2D eigenvalue weighted by molar-refractivity contribution is -0.132. The van der Waals surface area contributed by atoms with Crippen LogP contribution in [0.4, 0.5) is 0 Å². The van der Waals surface area contributed by atoms with Gasteiger partial charge in [-0.3, -0.25) is 14.2 Å². The van der Waals surface area contributed by atoms with Crippen LogP contribution in [-0.4, -0.2) is 38.7 Å². The second kappa shape index (κ2) is 8.91. The Kier molecular flexibility index (Phi) is 6.58. The van der Waals surface area contributed by atoms with Gasteiger partial charge < -0.3 is 4.90 Å². The van der Waals surface area contributed by atoms with Crippen LogP contribution < -0.4 is 5.56 Å². The molecular formula is C21H29N3O2S. The molecule has 0 N–H and O–H groups in total. The highest BCUT2D eigenvalue weighted by Gasteiger charge is 2.26. The van der Waals surface area contributed by atoms with Crippen molar-refractivity contribution < 1.29 is 4.79 Å². The first-order valence-electron chi connectivity index (χ1n) is 10.00. The standard InChI is InChI=1S/C21H29N3O2S/c1-4-15(3)24-20(26)17-11-6-7-12-18(17)22-21(24)27-14-19(25)23-13-9-8-10-16(23)5-2/h6-7,11-12,15-16H,4-5,8-10,13-14H2,1-3H3/t15-,16+/m0/s1. The summed E-state index contributed by atoms with van der Waals surface area (Å²) in [5.74, 6) is 0.488. The van der Waals surface area contributed by atoms with Gasteiger partial charge >= 0.3 is 0 Å². The highest BCUT2D eigenvalue weighted by Crippen LogP contribution is 2.25. The molecule has 5 nitrogen and oxygen atoms in total. The van der Waals surface area contributed by atoms with Gasteiger partial charge in [-0.25, -0.2) is 4.98 Å². The Hall–Kier alpha value is -1.82. The van der Waals surface area contributed by atoms with Crippen LogP contribution in [0.2, 0.25) is 0 Å². The van der Waals surface area contributed by atoms with E-state index in [1.807, 2.05) is 36.1 Å². The van der Waals surface area contributed by atoms with Crippen molar-refractivity contribution in [2.24, 2.45) is 0 Å². The second-order valence-corrected chi connectivity index (χ2v) is 8.22. The normalized spacial score (nSPS) is 18.6. The van der Waals surface area contributed by atoms with E-state index in [1.165, 1.54) is 18.2 Å². The van der Waals surface area contributed by atoms with Crippen molar-refractivity contribution in [3.05, 3.63) is 34.6 Å². The fourth-order valence-corrected chi connectivity index (χ4v) is 4.74. The number of amides is 1. The molecule has 1 amide bonds. The number of piperidine rings is 1. The van der Waals surface area contributed by atoms with E-state index in [-0.39, 0.29) is 17.5 Å². The number of carbonyl (C=O) groups is 1. The zero-order valence-electron chi connectivity index (χ0n) is 16.5. The van der Waals surface area contributed by atoms with Crippen LogP contribution in [0.1, 0.15) is 58.9 Å². The molecule has 0 unspecified atom stereocenters. The van der Waals surface area contributed by atoms with Crippen molar-refractivity contribution in [1.82, 2.24) is 14.5 Å². The third kappa shape index (κ3) is 4.21. The molecule has 0 saturated carbocycles. The molecule has 1 aromatic carbocycles. The number of fused-ring (bicyclic) bond motifs is 1. The number of benzene rings is 1. The lowest BCUT2D eigenvalue weighted by Gasteiger charge is -2.35. The number of para-hydroxylation sites is 1. The number of likely N-dealkylation sites (tertiary alicyclic amines) is 1. The number of rotatable bonds is 6. The van der Waals surface area contributed by atoms with Gasteiger partial charge in [-0.05, 0) is 51.2 Å². The first-order chi connectivity index (χ1) is 13.1. The summed E-state index contributed by atoms with van der Waals surface area (Å²) < 4.78 is 1.76. The third-order valence-electron chi connectivity index (χ3n) is 5.55. The summed E-state index contributed by atoms with van der Waals surface area (Å²) in [4.78, 5) is 32.6. The lowest BCUT2D eigenvalue weighted by atomic mass is 10.0. The zero-order valence-corrected chi connectivity index (χ0v) is 17.3. The van der Waals surface area contributed by atoms with Crippen molar-refractivity contribution in [3.8, 4) is 0 Å². The van der Waals surface area contributed by atoms with Gasteiger partial charge in [0.2, 0.25) is 5.91 Å². The van der Waals surface area contributed by atoms with E-state index in [1.54, 1.807) is 4.57 Å². The largest absolute Gasteiger partial charge is 0.339 e. The minimum atomic E-state index is -0.0192. The minimum absolute atomic E-state index is 0.0192. The lowest BCUT2D eigenvalue weighted by Crippen LogP contribution is -2.44. The molecule has 0 aliphatic carbocycles. The molecule has 1 aliphatic rings. The molecule has 1 aliphatic heterocycles. The van der Waals surface area contributed by atoms with Crippen molar-refractivity contribution in [2.75, 3.05) is 12.3 Å². The SMILES string of the molecule is CC[C@@H]1CCCCN1C(=O)CSc1nc2ccccc2c(=O)n1[C@@H](C)CC. The van der Waals surface area contributed by atoms with E-state index in [0.29, 0.717) is 27.9 Å². The molecule has 2 atom stereocenters. The van der Waals surface area contributed by atoms with Crippen LogP contribution in [0.15, 0.2) is 34.2 Å². The van der Waals surface area contributed by atoms with Crippen molar-refractivity contribution in [2.45, 2.75) is 70.1 Å². The number of nitrogens with zero attached hydrogens (tertiary/aromatic N) is 3. The number of aromatic nitrogens is 2. The van der Waals surface area contributed by atoms with Crippen molar-refractivity contribution >= 4 is 28.6 Å². The molecule has 1 aromatic heterocycles. The molecule has 146 valence electrons. The minimum Gasteiger partial charge on any atom is -0.339 e. The van der Waals surface area contributed by atoms with Crippen molar-refractivity contribution in [1.29, 1.82) is 0 Å². The highest BCUT2D eigenvalue weighted by atomic mass is 32.2. The molecule has 0 spiro atoms. The summed E-state index contributed by atoms with van der Waals surface area (Å²) in [7, 11) is 0. The molecule has 6 heteroatoms. The third-order valence-corrected chi connectivity index (χ3v) is 6.49. The van der Waals surface area contributed by atoms with E-state index < -0.39 is 0 Å². The Morgan fingerprint density at radius 3 is 2.81 bits per heavy atom. The van der Waals surface area contributed by atoms with Gasteiger partial charge in [0, 0.05) is 18.6 Å². The summed E-state index contributed by atoms with van der Waals surface area (Å²) in [6.07, 6.45) is 5.22. The van der Waals surface area contributed by atoms with E-state index in [4.69, 9.17) is 4.98 Å². The summed E-state index contributed by atoms with van der Waals surface area (Å²) in [6.45, 7) is 7.09. The molecule has 0 bridgehead atoms. The number of carbonyl (C=O) groups excluding carboxylic acids is 1. The van der Waals surface area contributed by atoms with Crippen LogP contribution >= 0.6 is 11.8 Å². The van der Waals surface area contributed by atoms with Gasteiger partial charge in [0.05, 0.1) is 16.7 Å². The Labute approximate surface area is 165 Å². The van der Waals surface area contributed by atoms with E-state index in [0.717, 1.165) is 32.2 Å². The summed E-state index contributed by atoms with van der Waals surface area (Å²) in [5.41, 5.74) is 0.677. The van der Waals surface area contributed by atoms with Crippen LogP contribution in [0, 0.1) is 0 Å². The van der Waals surface area contributed by atoms with Crippen molar-refractivity contribution in [3.63, 3.8) is 0 Å². The van der Waals surface area contributed by atoms with Crippen LogP contribution in [0.3, 0.4) is 0 Å². The Morgan fingerprint density at radius 2 is 2.07 bits per heavy atom.